The second kappa shape index (κ2) is 13.0. The first-order valence-electron chi connectivity index (χ1n) is 12.7. The number of carbonyl (C=O) groups excluding carboxylic acids is 1. The highest BCUT2D eigenvalue weighted by atomic mass is 32.2. The van der Waals surface area contributed by atoms with E-state index in [0.717, 1.165) is 12.8 Å². The lowest BCUT2D eigenvalue weighted by Crippen LogP contribution is -2.50. The Hall–Kier alpha value is -3.26. The van der Waals surface area contributed by atoms with Gasteiger partial charge in [-0.25, -0.2) is 13.2 Å². The zero-order valence-corrected chi connectivity index (χ0v) is 23.4. The number of nitrogens with one attached hydrogen (secondary N) is 1. The van der Waals surface area contributed by atoms with E-state index in [0.29, 0.717) is 17.0 Å². The van der Waals surface area contributed by atoms with Crippen molar-refractivity contribution in [1.29, 1.82) is 0 Å². The predicted octanol–water partition coefficient (Wildman–Crippen LogP) is 3.78. The van der Waals surface area contributed by atoms with E-state index in [-0.39, 0.29) is 42.3 Å². The molecule has 0 bridgehead atoms. The van der Waals surface area contributed by atoms with E-state index in [2.05, 4.69) is 17.2 Å². The van der Waals surface area contributed by atoms with Gasteiger partial charge in [0.25, 0.3) is 0 Å². The summed E-state index contributed by atoms with van der Waals surface area (Å²) in [6, 6.07) is 10.8. The number of aliphatic hydroxyl groups excluding tert-OH is 1. The number of ether oxygens (including phenoxy) is 2. The van der Waals surface area contributed by atoms with E-state index >= 15 is 0 Å². The normalized spacial score (nSPS) is 19.4. The maximum Gasteiger partial charge on any atom is 0.321 e. The van der Waals surface area contributed by atoms with Crippen LogP contribution < -0.4 is 14.8 Å². The highest BCUT2D eigenvalue weighted by Crippen LogP contribution is 2.34. The molecule has 2 amide bonds. The van der Waals surface area contributed by atoms with E-state index < -0.39 is 22.2 Å². The monoisotopic (exact) mass is 543 g/mol. The van der Waals surface area contributed by atoms with Gasteiger partial charge in [-0.05, 0) is 55.8 Å². The molecule has 0 aliphatic carbocycles. The molecule has 10 heteroatoms. The van der Waals surface area contributed by atoms with E-state index in [9.17, 15) is 18.3 Å². The Morgan fingerprint density at radius 3 is 2.63 bits per heavy atom. The van der Waals surface area contributed by atoms with Crippen molar-refractivity contribution in [1.82, 2.24) is 9.21 Å². The number of carbonyl (C=O) groups is 1. The van der Waals surface area contributed by atoms with Gasteiger partial charge in [-0.15, -0.1) is 0 Å². The molecule has 0 saturated heterocycles. The summed E-state index contributed by atoms with van der Waals surface area (Å²) in [6.07, 6.45) is 1.12. The molecule has 1 heterocycles. The van der Waals surface area contributed by atoms with Gasteiger partial charge in [0.2, 0.25) is 10.0 Å². The third-order valence-electron chi connectivity index (χ3n) is 6.42. The van der Waals surface area contributed by atoms with Crippen molar-refractivity contribution in [3.05, 3.63) is 48.0 Å². The van der Waals surface area contributed by atoms with Crippen LogP contribution >= 0.6 is 0 Å². The summed E-state index contributed by atoms with van der Waals surface area (Å²) in [4.78, 5) is 14.5. The van der Waals surface area contributed by atoms with Gasteiger partial charge >= 0.3 is 6.03 Å². The minimum Gasteiger partial charge on any atom is -0.497 e. The summed E-state index contributed by atoms with van der Waals surface area (Å²) in [7, 11) is -0.714. The number of urea groups is 1. The summed E-state index contributed by atoms with van der Waals surface area (Å²) >= 11 is 0. The van der Waals surface area contributed by atoms with Crippen molar-refractivity contribution in [2.24, 2.45) is 5.92 Å². The Labute approximate surface area is 225 Å². The zero-order chi connectivity index (χ0) is 27.9. The molecule has 2 aromatic carbocycles. The van der Waals surface area contributed by atoms with Crippen LogP contribution in [0.4, 0.5) is 10.5 Å². The second-order valence-electron chi connectivity index (χ2n) is 9.49. The molecule has 1 aliphatic heterocycles. The minimum atomic E-state index is -3.95. The second-order valence-corrected chi connectivity index (χ2v) is 11.4. The van der Waals surface area contributed by atoms with Gasteiger partial charge in [-0.2, -0.15) is 4.31 Å². The lowest BCUT2D eigenvalue weighted by atomic mass is 10.0. The third-order valence-corrected chi connectivity index (χ3v) is 8.44. The van der Waals surface area contributed by atoms with Crippen LogP contribution in [-0.2, 0) is 10.0 Å². The molecule has 0 saturated carbocycles. The van der Waals surface area contributed by atoms with Crippen molar-refractivity contribution in [2.75, 3.05) is 39.2 Å². The SMILES string of the molecule is CCCC#Cc1ccc2c(c1)O[C@H](CN(C)C(=O)Nc1ccc(OC)cc1)[C@H](C)CN([C@@H](C)CO)S2(=O)=O. The Balaban J connectivity index is 1.91. The van der Waals surface area contributed by atoms with Crippen molar-refractivity contribution in [3.8, 4) is 23.3 Å². The number of hydrogen-bond donors (Lipinski definition) is 2. The molecule has 206 valence electrons. The van der Waals surface area contributed by atoms with E-state index in [1.54, 1.807) is 57.5 Å². The largest absolute Gasteiger partial charge is 0.497 e. The van der Waals surface area contributed by atoms with Crippen LogP contribution in [0, 0.1) is 17.8 Å². The third kappa shape index (κ3) is 6.98. The van der Waals surface area contributed by atoms with Gasteiger partial charge in [0.15, 0.2) is 0 Å². The van der Waals surface area contributed by atoms with Gasteiger partial charge in [0.05, 0.1) is 20.3 Å². The summed E-state index contributed by atoms with van der Waals surface area (Å²) in [5, 5.41) is 12.7. The van der Waals surface area contributed by atoms with Crippen molar-refractivity contribution in [2.45, 2.75) is 50.7 Å². The predicted molar refractivity (Wildman–Crippen MR) is 147 cm³/mol. The van der Waals surface area contributed by atoms with Crippen molar-refractivity contribution < 1.29 is 27.8 Å². The maximum atomic E-state index is 13.6. The number of likely N-dealkylation sites (N-methyl/N-ethyl adjacent to an activating group) is 1. The number of aliphatic hydroxyl groups is 1. The smallest absolute Gasteiger partial charge is 0.321 e. The molecule has 2 aromatic rings. The molecule has 1 aliphatic rings. The van der Waals surface area contributed by atoms with Gasteiger partial charge < -0.3 is 24.8 Å². The Bertz CT molecular complexity index is 1270. The number of fused-ring (bicyclic) bond motifs is 1. The minimum absolute atomic E-state index is 0.0149. The van der Waals surface area contributed by atoms with Crippen LogP contribution in [0.15, 0.2) is 47.4 Å². The lowest BCUT2D eigenvalue weighted by Gasteiger charge is -2.37. The molecule has 0 fully saturated rings. The lowest BCUT2D eigenvalue weighted by molar-refractivity contribution is 0.0830. The first-order chi connectivity index (χ1) is 18.1. The molecule has 0 aromatic heterocycles. The highest BCUT2D eigenvalue weighted by Gasteiger charge is 2.38. The maximum absolute atomic E-state index is 13.6. The van der Waals surface area contributed by atoms with Crippen LogP contribution in [0.25, 0.3) is 0 Å². The fraction of sp³-hybridized carbons (Fsp3) is 0.464. The molecule has 3 atom stereocenters. The number of benzene rings is 2. The zero-order valence-electron chi connectivity index (χ0n) is 22.6. The molecule has 3 rings (SSSR count). The Kier molecular flexibility index (Phi) is 10.0. The van der Waals surface area contributed by atoms with Crippen LogP contribution in [0.1, 0.15) is 39.2 Å². The summed E-state index contributed by atoms with van der Waals surface area (Å²) in [5.41, 5.74) is 1.26. The number of nitrogens with zero attached hydrogens (tertiary/aromatic N) is 2. The average Bonchev–Trinajstić information content (AvgIpc) is 2.90. The quantitative estimate of drug-likeness (QED) is 0.515. The standard InChI is InChI=1S/C28H37N3O6S/c1-6-7-8-9-22-10-15-27-25(16-22)37-26(20(2)17-31(21(3)19-32)38(27,34)35)18-30(4)28(33)29-23-11-13-24(36-5)14-12-23/h10-16,20-21,26,32H,6-7,17-19H2,1-5H3,(H,29,33)/t20-,21+,26-/m1/s1. The molecular formula is C28H37N3O6S. The van der Waals surface area contributed by atoms with Crippen LogP contribution in [0.3, 0.4) is 0 Å². The molecular weight excluding hydrogens is 506 g/mol. The average molecular weight is 544 g/mol. The van der Waals surface area contributed by atoms with E-state index in [4.69, 9.17) is 9.47 Å². The topological polar surface area (TPSA) is 108 Å². The van der Waals surface area contributed by atoms with Crippen molar-refractivity contribution >= 4 is 21.7 Å². The van der Waals surface area contributed by atoms with Crippen LogP contribution in [0.5, 0.6) is 11.5 Å². The number of methoxy groups -OCH3 is 1. The van der Waals surface area contributed by atoms with E-state index in [1.165, 1.54) is 15.3 Å². The summed E-state index contributed by atoms with van der Waals surface area (Å²) in [6.45, 7) is 5.59. The van der Waals surface area contributed by atoms with Gasteiger partial charge in [0, 0.05) is 43.2 Å². The number of anilines is 1. The van der Waals surface area contributed by atoms with Gasteiger partial charge in [0.1, 0.15) is 22.5 Å². The Morgan fingerprint density at radius 1 is 1.29 bits per heavy atom. The number of sulfonamides is 1. The fourth-order valence-electron chi connectivity index (χ4n) is 4.06. The van der Waals surface area contributed by atoms with Crippen LogP contribution in [0.2, 0.25) is 0 Å². The Morgan fingerprint density at radius 2 is 2.00 bits per heavy atom. The number of unbranched alkanes of at least 4 members (excludes halogenated alkanes) is 1. The first kappa shape index (κ1) is 29.3. The molecule has 0 radical (unpaired) electrons. The summed E-state index contributed by atoms with van der Waals surface area (Å²) < 4.78 is 40.0. The highest BCUT2D eigenvalue weighted by molar-refractivity contribution is 7.89. The first-order valence-corrected chi connectivity index (χ1v) is 14.1. The number of rotatable bonds is 7. The molecule has 2 N–H and O–H groups in total. The number of hydrogen-bond acceptors (Lipinski definition) is 6. The molecule has 0 spiro atoms. The molecule has 9 nitrogen and oxygen atoms in total. The fourth-order valence-corrected chi connectivity index (χ4v) is 5.88. The molecule has 0 unspecified atom stereocenters. The molecule has 38 heavy (non-hydrogen) atoms. The van der Waals surface area contributed by atoms with Gasteiger partial charge in [-0.3, -0.25) is 0 Å². The summed E-state index contributed by atoms with van der Waals surface area (Å²) in [5.74, 6) is 6.71. The number of amides is 2. The van der Waals surface area contributed by atoms with E-state index in [1.807, 2.05) is 13.8 Å². The van der Waals surface area contributed by atoms with Crippen LogP contribution in [-0.4, -0.2) is 74.8 Å². The van der Waals surface area contributed by atoms with Gasteiger partial charge in [-0.1, -0.05) is 25.7 Å². The van der Waals surface area contributed by atoms with Crippen molar-refractivity contribution in [3.63, 3.8) is 0 Å².